The number of fused-ring (bicyclic) bond motifs is 1. The van der Waals surface area contributed by atoms with Crippen molar-refractivity contribution in [3.05, 3.63) is 29.8 Å². The van der Waals surface area contributed by atoms with Gasteiger partial charge in [0.2, 0.25) is 11.8 Å². The molecule has 0 aromatic heterocycles. The Morgan fingerprint density at radius 1 is 1.25 bits per heavy atom. The van der Waals surface area contributed by atoms with E-state index in [4.69, 9.17) is 0 Å². The molecule has 2 heterocycles. The Hall–Kier alpha value is -1.49. The highest BCUT2D eigenvalue weighted by Crippen LogP contribution is 2.23. The number of piperazine rings is 1. The topological polar surface area (TPSA) is 40.6 Å². The summed E-state index contributed by atoms with van der Waals surface area (Å²) in [4.78, 5) is 28.7. The van der Waals surface area contributed by atoms with Crippen molar-refractivity contribution in [2.45, 2.75) is 30.2 Å². The van der Waals surface area contributed by atoms with Crippen LogP contribution in [0.3, 0.4) is 0 Å². The number of benzene rings is 1. The highest BCUT2D eigenvalue weighted by Gasteiger charge is 2.36. The lowest BCUT2D eigenvalue weighted by atomic mass is 10.1. The molecule has 2 aliphatic rings. The fraction of sp³-hybridized carbons (Fsp3) is 0.467. The quantitative estimate of drug-likeness (QED) is 0.835. The maximum Gasteiger partial charge on any atom is 0.227 e. The highest BCUT2D eigenvalue weighted by molar-refractivity contribution is 7.80. The van der Waals surface area contributed by atoms with E-state index in [1.807, 2.05) is 34.1 Å². The number of hydrogen-bond donors (Lipinski definition) is 1. The van der Waals surface area contributed by atoms with Crippen LogP contribution < -0.4 is 0 Å². The van der Waals surface area contributed by atoms with Gasteiger partial charge in [-0.1, -0.05) is 12.1 Å². The van der Waals surface area contributed by atoms with Crippen molar-refractivity contribution in [2.24, 2.45) is 0 Å². The van der Waals surface area contributed by atoms with Gasteiger partial charge in [-0.25, -0.2) is 0 Å². The minimum atomic E-state index is 0.149. The second kappa shape index (κ2) is 5.48. The zero-order valence-electron chi connectivity index (χ0n) is 11.3. The van der Waals surface area contributed by atoms with Crippen LogP contribution in [0.15, 0.2) is 29.2 Å². The van der Waals surface area contributed by atoms with E-state index in [2.05, 4.69) is 12.6 Å². The Morgan fingerprint density at radius 2 is 2.00 bits per heavy atom. The fourth-order valence-corrected chi connectivity index (χ4v) is 3.14. The van der Waals surface area contributed by atoms with Crippen molar-refractivity contribution in [2.75, 3.05) is 19.6 Å². The predicted octanol–water partition coefficient (Wildman–Crippen LogP) is 1.35. The number of rotatable bonds is 2. The largest absolute Gasteiger partial charge is 0.339 e. The van der Waals surface area contributed by atoms with Crippen LogP contribution in [0.5, 0.6) is 0 Å². The molecule has 0 radical (unpaired) electrons. The van der Waals surface area contributed by atoms with Crippen molar-refractivity contribution in [3.63, 3.8) is 0 Å². The number of nitrogens with zero attached hydrogens (tertiary/aromatic N) is 2. The van der Waals surface area contributed by atoms with Gasteiger partial charge in [0.25, 0.3) is 0 Å². The summed E-state index contributed by atoms with van der Waals surface area (Å²) in [7, 11) is 0. The minimum absolute atomic E-state index is 0.149. The molecule has 2 amide bonds. The zero-order valence-corrected chi connectivity index (χ0v) is 12.2. The molecular weight excluding hydrogens is 272 g/mol. The van der Waals surface area contributed by atoms with E-state index in [1.54, 1.807) is 0 Å². The third-order valence-corrected chi connectivity index (χ3v) is 4.44. The molecular formula is C15H18N2O2S. The lowest BCUT2D eigenvalue weighted by Gasteiger charge is -2.37. The second-order valence-electron chi connectivity index (χ2n) is 5.46. The number of carbonyl (C=O) groups excluding carboxylic acids is 2. The van der Waals surface area contributed by atoms with Gasteiger partial charge in [0, 0.05) is 37.0 Å². The van der Waals surface area contributed by atoms with Crippen LogP contribution in [0.2, 0.25) is 0 Å². The van der Waals surface area contributed by atoms with E-state index < -0.39 is 0 Å². The summed E-state index contributed by atoms with van der Waals surface area (Å²) in [6, 6.07) is 7.92. The first-order valence-corrected chi connectivity index (χ1v) is 7.43. The van der Waals surface area contributed by atoms with Crippen LogP contribution in [-0.2, 0) is 16.0 Å². The molecule has 2 saturated heterocycles. The van der Waals surface area contributed by atoms with Crippen molar-refractivity contribution < 1.29 is 9.59 Å². The SMILES string of the molecule is O=C(Cc1ccc(S)cc1)N1CCN2C(=O)CCC2C1. The molecule has 0 spiro atoms. The monoisotopic (exact) mass is 290 g/mol. The summed E-state index contributed by atoms with van der Waals surface area (Å²) in [5, 5.41) is 0. The molecule has 4 nitrogen and oxygen atoms in total. The maximum absolute atomic E-state index is 12.3. The van der Waals surface area contributed by atoms with E-state index >= 15 is 0 Å². The van der Waals surface area contributed by atoms with Crippen LogP contribution in [0.1, 0.15) is 18.4 Å². The lowest BCUT2D eigenvalue weighted by molar-refractivity contribution is -0.138. The van der Waals surface area contributed by atoms with Gasteiger partial charge in [-0.2, -0.15) is 0 Å². The Balaban J connectivity index is 1.61. The molecule has 0 saturated carbocycles. The fourth-order valence-electron chi connectivity index (χ4n) is 2.99. The number of thiol groups is 1. The van der Waals surface area contributed by atoms with Crippen molar-refractivity contribution in [1.82, 2.24) is 9.80 Å². The summed E-state index contributed by atoms with van der Waals surface area (Å²) in [5.74, 6) is 0.391. The molecule has 1 aromatic rings. The van der Waals surface area contributed by atoms with E-state index in [-0.39, 0.29) is 17.9 Å². The molecule has 5 heteroatoms. The first-order chi connectivity index (χ1) is 9.63. The normalized spacial score (nSPS) is 22.1. The molecule has 3 rings (SSSR count). The molecule has 20 heavy (non-hydrogen) atoms. The van der Waals surface area contributed by atoms with Crippen LogP contribution in [0.4, 0.5) is 0 Å². The highest BCUT2D eigenvalue weighted by atomic mass is 32.1. The Bertz CT molecular complexity index is 529. The number of hydrogen-bond acceptors (Lipinski definition) is 3. The second-order valence-corrected chi connectivity index (χ2v) is 5.98. The van der Waals surface area contributed by atoms with Gasteiger partial charge in [-0.05, 0) is 24.1 Å². The van der Waals surface area contributed by atoms with Gasteiger partial charge >= 0.3 is 0 Å². The molecule has 106 valence electrons. The van der Waals surface area contributed by atoms with E-state index in [1.165, 1.54) is 0 Å². The summed E-state index contributed by atoms with van der Waals surface area (Å²) < 4.78 is 0. The smallest absolute Gasteiger partial charge is 0.227 e. The Labute approximate surface area is 124 Å². The van der Waals surface area contributed by atoms with Gasteiger partial charge in [-0.15, -0.1) is 12.6 Å². The van der Waals surface area contributed by atoms with Crippen molar-refractivity contribution in [3.8, 4) is 0 Å². The molecule has 2 aliphatic heterocycles. The summed E-state index contributed by atoms with van der Waals surface area (Å²) >= 11 is 4.24. The lowest BCUT2D eigenvalue weighted by Crippen LogP contribution is -2.53. The van der Waals surface area contributed by atoms with Crippen LogP contribution in [-0.4, -0.2) is 47.3 Å². The van der Waals surface area contributed by atoms with Gasteiger partial charge in [0.15, 0.2) is 0 Å². The maximum atomic E-state index is 12.3. The van der Waals surface area contributed by atoms with Crippen molar-refractivity contribution >= 4 is 24.4 Å². The van der Waals surface area contributed by atoms with E-state index in [9.17, 15) is 9.59 Å². The average molecular weight is 290 g/mol. The van der Waals surface area contributed by atoms with Crippen LogP contribution in [0.25, 0.3) is 0 Å². The third-order valence-electron chi connectivity index (χ3n) is 4.14. The molecule has 1 aromatic carbocycles. The Morgan fingerprint density at radius 3 is 2.75 bits per heavy atom. The van der Waals surface area contributed by atoms with E-state index in [0.29, 0.717) is 32.5 Å². The number of carbonyl (C=O) groups is 2. The minimum Gasteiger partial charge on any atom is -0.339 e. The summed E-state index contributed by atoms with van der Waals surface area (Å²) in [6.45, 7) is 2.03. The third kappa shape index (κ3) is 2.68. The zero-order chi connectivity index (χ0) is 14.1. The van der Waals surface area contributed by atoms with Gasteiger partial charge in [-0.3, -0.25) is 9.59 Å². The molecule has 2 fully saturated rings. The standard InChI is InChI=1S/C15H18N2O2S/c18-14-6-3-12-10-16(7-8-17(12)14)15(19)9-11-1-4-13(20)5-2-11/h1-2,4-5,12,20H,3,6-10H2. The summed E-state index contributed by atoms with van der Waals surface area (Å²) in [5.41, 5.74) is 1.01. The molecule has 0 aliphatic carbocycles. The molecule has 1 atom stereocenters. The van der Waals surface area contributed by atoms with Crippen molar-refractivity contribution in [1.29, 1.82) is 0 Å². The van der Waals surface area contributed by atoms with Gasteiger partial charge in [0.1, 0.15) is 0 Å². The Kier molecular flexibility index (Phi) is 3.70. The van der Waals surface area contributed by atoms with Gasteiger partial charge < -0.3 is 9.80 Å². The molecule has 1 unspecified atom stereocenters. The molecule has 0 bridgehead atoms. The van der Waals surface area contributed by atoms with Gasteiger partial charge in [0.05, 0.1) is 6.42 Å². The first kappa shape index (κ1) is 13.5. The van der Waals surface area contributed by atoms with E-state index in [0.717, 1.165) is 16.9 Å². The first-order valence-electron chi connectivity index (χ1n) is 6.98. The summed E-state index contributed by atoms with van der Waals surface area (Å²) in [6.07, 6.45) is 1.95. The number of amides is 2. The van der Waals surface area contributed by atoms with Crippen LogP contribution in [0, 0.1) is 0 Å². The predicted molar refractivity (Wildman–Crippen MR) is 78.7 cm³/mol. The van der Waals surface area contributed by atoms with Crippen LogP contribution >= 0.6 is 12.6 Å². The average Bonchev–Trinajstić information content (AvgIpc) is 2.82. The molecule has 0 N–H and O–H groups in total.